The van der Waals surface area contributed by atoms with Crippen LogP contribution in [0.25, 0.3) is 0 Å². The van der Waals surface area contributed by atoms with Gasteiger partial charge in [0.1, 0.15) is 11.6 Å². The molecule has 0 amide bonds. The Balaban J connectivity index is 1.66. The minimum absolute atomic E-state index is 0.563. The van der Waals surface area contributed by atoms with Crippen LogP contribution < -0.4 is 4.74 Å². The zero-order valence-corrected chi connectivity index (χ0v) is 13.5. The zero-order chi connectivity index (χ0) is 14.7. The van der Waals surface area contributed by atoms with Crippen molar-refractivity contribution in [2.24, 2.45) is 0 Å². The zero-order valence-electron chi connectivity index (χ0n) is 11.9. The van der Waals surface area contributed by atoms with Crippen molar-refractivity contribution in [1.82, 2.24) is 15.2 Å². The molecule has 1 aromatic carbocycles. The van der Waals surface area contributed by atoms with E-state index in [9.17, 15) is 0 Å². The number of thioether (sulfide) groups is 1. The summed E-state index contributed by atoms with van der Waals surface area (Å²) in [7, 11) is 1.67. The van der Waals surface area contributed by atoms with E-state index >= 15 is 0 Å². The average molecular weight is 324 g/mol. The third-order valence-corrected chi connectivity index (χ3v) is 4.95. The van der Waals surface area contributed by atoms with Crippen LogP contribution in [0.5, 0.6) is 5.75 Å². The summed E-state index contributed by atoms with van der Waals surface area (Å²) in [4.78, 5) is 4.61. The lowest BCUT2D eigenvalue weighted by Crippen LogP contribution is -1.94. The molecule has 3 rings (SSSR count). The number of benzene rings is 1. The number of methoxy groups -OCH3 is 1. The molecule has 21 heavy (non-hydrogen) atoms. The molecule has 0 bridgehead atoms. The van der Waals surface area contributed by atoms with Crippen molar-refractivity contribution in [2.45, 2.75) is 42.5 Å². The summed E-state index contributed by atoms with van der Waals surface area (Å²) in [6.07, 6.45) is 5.05. The Labute approximate surface area is 133 Å². The summed E-state index contributed by atoms with van der Waals surface area (Å²) in [6.45, 7) is 0. The summed E-state index contributed by atoms with van der Waals surface area (Å²) >= 11 is 7.64. The SMILES string of the molecule is COc1ccc(Cl)cc1CSc1n[nH]c(C2CCCC2)n1. The lowest BCUT2D eigenvalue weighted by molar-refractivity contribution is 0.411. The fourth-order valence-corrected chi connectivity index (χ4v) is 3.68. The molecule has 112 valence electrons. The summed E-state index contributed by atoms with van der Waals surface area (Å²) in [5.74, 6) is 3.19. The maximum atomic E-state index is 6.04. The highest BCUT2D eigenvalue weighted by molar-refractivity contribution is 7.98. The van der Waals surface area contributed by atoms with Crippen molar-refractivity contribution in [3.63, 3.8) is 0 Å². The van der Waals surface area contributed by atoms with Gasteiger partial charge in [-0.25, -0.2) is 4.98 Å². The third-order valence-electron chi connectivity index (χ3n) is 3.82. The molecule has 1 aliphatic rings. The van der Waals surface area contributed by atoms with Gasteiger partial charge in [-0.2, -0.15) is 0 Å². The first kappa shape index (κ1) is 14.7. The molecule has 1 saturated carbocycles. The first-order valence-electron chi connectivity index (χ1n) is 7.14. The van der Waals surface area contributed by atoms with E-state index in [0.29, 0.717) is 10.9 Å². The molecule has 1 fully saturated rings. The minimum atomic E-state index is 0.563. The van der Waals surface area contributed by atoms with Crippen LogP contribution in [-0.2, 0) is 5.75 Å². The molecule has 1 heterocycles. The summed E-state index contributed by atoms with van der Waals surface area (Å²) in [5, 5.41) is 8.90. The summed E-state index contributed by atoms with van der Waals surface area (Å²) in [6, 6.07) is 5.65. The monoisotopic (exact) mass is 323 g/mol. The standard InChI is InChI=1S/C15H18ClN3OS/c1-20-13-7-6-12(16)8-11(13)9-21-15-17-14(18-19-15)10-4-2-3-5-10/h6-8,10H,2-5,9H2,1H3,(H,17,18,19). The number of H-pyrrole nitrogens is 1. The molecule has 1 aliphatic carbocycles. The molecular weight excluding hydrogens is 306 g/mol. The molecule has 0 radical (unpaired) electrons. The topological polar surface area (TPSA) is 50.8 Å². The van der Waals surface area contributed by atoms with Crippen LogP contribution >= 0.6 is 23.4 Å². The van der Waals surface area contributed by atoms with Gasteiger partial charge in [-0.1, -0.05) is 36.2 Å². The number of nitrogens with zero attached hydrogens (tertiary/aromatic N) is 2. The molecule has 2 aromatic rings. The van der Waals surface area contributed by atoms with Gasteiger partial charge in [-0.3, -0.25) is 5.10 Å². The Kier molecular flexibility index (Phi) is 4.70. The normalized spacial score (nSPS) is 15.5. The molecule has 0 spiro atoms. The van der Waals surface area contributed by atoms with Crippen LogP contribution in [0.1, 0.15) is 43.0 Å². The Morgan fingerprint density at radius 1 is 1.38 bits per heavy atom. The van der Waals surface area contributed by atoms with E-state index < -0.39 is 0 Å². The van der Waals surface area contributed by atoms with Crippen LogP contribution in [-0.4, -0.2) is 22.3 Å². The Bertz CT molecular complexity index is 611. The fraction of sp³-hybridized carbons (Fsp3) is 0.467. The van der Waals surface area contributed by atoms with Crippen LogP contribution in [0.15, 0.2) is 23.4 Å². The van der Waals surface area contributed by atoms with E-state index in [1.54, 1.807) is 18.9 Å². The Hall–Kier alpha value is -1.20. The maximum Gasteiger partial charge on any atom is 0.208 e. The van der Waals surface area contributed by atoms with Gasteiger partial charge < -0.3 is 4.74 Å². The van der Waals surface area contributed by atoms with Crippen molar-refractivity contribution in [3.8, 4) is 5.75 Å². The van der Waals surface area contributed by atoms with E-state index in [1.807, 2.05) is 18.2 Å². The second-order valence-corrected chi connectivity index (χ2v) is 6.61. The number of ether oxygens (including phenoxy) is 1. The van der Waals surface area contributed by atoms with Crippen molar-refractivity contribution in [3.05, 3.63) is 34.6 Å². The van der Waals surface area contributed by atoms with Gasteiger partial charge in [0.2, 0.25) is 5.16 Å². The summed E-state index contributed by atoms with van der Waals surface area (Å²) < 4.78 is 5.35. The molecular formula is C15H18ClN3OS. The average Bonchev–Trinajstić information content (AvgIpc) is 3.16. The second kappa shape index (κ2) is 6.71. The molecule has 4 nitrogen and oxygen atoms in total. The second-order valence-electron chi connectivity index (χ2n) is 5.23. The summed E-state index contributed by atoms with van der Waals surface area (Å²) in [5.41, 5.74) is 1.06. The molecule has 1 N–H and O–H groups in total. The number of nitrogens with one attached hydrogen (secondary N) is 1. The predicted molar refractivity (Wildman–Crippen MR) is 85.2 cm³/mol. The van der Waals surface area contributed by atoms with Crippen molar-refractivity contribution >= 4 is 23.4 Å². The van der Waals surface area contributed by atoms with E-state index in [1.165, 1.54) is 25.7 Å². The predicted octanol–water partition coefficient (Wildman–Crippen LogP) is 4.42. The van der Waals surface area contributed by atoms with Crippen molar-refractivity contribution in [2.75, 3.05) is 7.11 Å². The highest BCUT2D eigenvalue weighted by atomic mass is 35.5. The minimum Gasteiger partial charge on any atom is -0.496 e. The first-order chi connectivity index (χ1) is 10.3. The van der Waals surface area contributed by atoms with E-state index in [2.05, 4.69) is 15.2 Å². The number of halogens is 1. The number of rotatable bonds is 5. The number of hydrogen-bond donors (Lipinski definition) is 1. The lowest BCUT2D eigenvalue weighted by atomic mass is 10.1. The van der Waals surface area contributed by atoms with Crippen LogP contribution in [0.3, 0.4) is 0 Å². The van der Waals surface area contributed by atoms with Crippen molar-refractivity contribution in [1.29, 1.82) is 0 Å². The van der Waals surface area contributed by atoms with Gasteiger partial charge in [-0.15, -0.1) is 5.10 Å². The maximum absolute atomic E-state index is 6.04. The van der Waals surface area contributed by atoms with Crippen LogP contribution in [0.4, 0.5) is 0 Å². The Morgan fingerprint density at radius 2 is 2.19 bits per heavy atom. The number of hydrogen-bond acceptors (Lipinski definition) is 4. The quantitative estimate of drug-likeness (QED) is 0.828. The van der Waals surface area contributed by atoms with Gasteiger partial charge in [0.25, 0.3) is 0 Å². The lowest BCUT2D eigenvalue weighted by Gasteiger charge is -2.07. The number of aromatic amines is 1. The first-order valence-corrected chi connectivity index (χ1v) is 8.50. The van der Waals surface area contributed by atoms with Gasteiger partial charge in [0.15, 0.2) is 0 Å². The Morgan fingerprint density at radius 3 is 2.95 bits per heavy atom. The van der Waals surface area contributed by atoms with Gasteiger partial charge in [-0.05, 0) is 31.0 Å². The highest BCUT2D eigenvalue weighted by Crippen LogP contribution is 2.33. The van der Waals surface area contributed by atoms with Crippen LogP contribution in [0.2, 0.25) is 5.02 Å². The number of aromatic nitrogens is 3. The van der Waals surface area contributed by atoms with E-state index in [0.717, 1.165) is 28.0 Å². The van der Waals surface area contributed by atoms with Gasteiger partial charge >= 0.3 is 0 Å². The smallest absolute Gasteiger partial charge is 0.208 e. The largest absolute Gasteiger partial charge is 0.496 e. The highest BCUT2D eigenvalue weighted by Gasteiger charge is 2.20. The molecule has 0 saturated heterocycles. The molecule has 0 atom stereocenters. The molecule has 0 unspecified atom stereocenters. The van der Waals surface area contributed by atoms with Gasteiger partial charge in [0.05, 0.1) is 7.11 Å². The van der Waals surface area contributed by atoms with E-state index in [4.69, 9.17) is 16.3 Å². The van der Waals surface area contributed by atoms with E-state index in [-0.39, 0.29) is 0 Å². The van der Waals surface area contributed by atoms with Crippen LogP contribution in [0, 0.1) is 0 Å². The molecule has 6 heteroatoms. The molecule has 0 aliphatic heterocycles. The van der Waals surface area contributed by atoms with Gasteiger partial charge in [0, 0.05) is 22.3 Å². The third kappa shape index (κ3) is 3.52. The molecule has 1 aromatic heterocycles. The van der Waals surface area contributed by atoms with Crippen molar-refractivity contribution < 1.29 is 4.74 Å². The fourth-order valence-electron chi connectivity index (χ4n) is 2.71.